The second-order valence-corrected chi connectivity index (χ2v) is 8.11. The number of hydrogen-bond acceptors (Lipinski definition) is 5. The molecule has 8 nitrogen and oxygen atoms in total. The van der Waals surface area contributed by atoms with Crippen LogP contribution >= 0.6 is 0 Å². The van der Waals surface area contributed by atoms with Crippen LogP contribution in [0.4, 0.5) is 0 Å². The lowest BCUT2D eigenvalue weighted by Crippen LogP contribution is -2.37. The molecule has 2 aliphatic rings. The number of nitrogens with zero attached hydrogens (tertiary/aromatic N) is 3. The minimum Gasteiger partial charge on any atom is -0.454 e. The van der Waals surface area contributed by atoms with Gasteiger partial charge in [-0.25, -0.2) is 0 Å². The van der Waals surface area contributed by atoms with Crippen LogP contribution in [0.5, 0.6) is 11.5 Å². The quantitative estimate of drug-likeness (QED) is 0.685. The molecule has 0 saturated heterocycles. The van der Waals surface area contributed by atoms with Crippen LogP contribution < -0.4 is 14.8 Å². The van der Waals surface area contributed by atoms with Crippen LogP contribution in [0.3, 0.4) is 0 Å². The molecular weight excluding hydrogens is 408 g/mol. The van der Waals surface area contributed by atoms with Gasteiger partial charge in [-0.05, 0) is 36.8 Å². The van der Waals surface area contributed by atoms with E-state index in [1.165, 1.54) is 0 Å². The first kappa shape index (κ1) is 20.1. The summed E-state index contributed by atoms with van der Waals surface area (Å²) in [7, 11) is 1.84. The van der Waals surface area contributed by atoms with Gasteiger partial charge in [0.2, 0.25) is 6.79 Å². The normalized spacial score (nSPS) is 14.2. The van der Waals surface area contributed by atoms with Crippen LogP contribution in [0.2, 0.25) is 0 Å². The number of aryl methyl sites for hydroxylation is 2. The molecular formula is C24H24N4O4. The van der Waals surface area contributed by atoms with Gasteiger partial charge < -0.3 is 19.7 Å². The van der Waals surface area contributed by atoms with Crippen LogP contribution in [0.15, 0.2) is 42.5 Å². The summed E-state index contributed by atoms with van der Waals surface area (Å²) >= 11 is 0. The van der Waals surface area contributed by atoms with Crippen molar-refractivity contribution in [3.8, 4) is 11.5 Å². The summed E-state index contributed by atoms with van der Waals surface area (Å²) in [5, 5.41) is 7.40. The smallest absolute Gasteiger partial charge is 0.272 e. The molecule has 0 bridgehead atoms. The molecule has 32 heavy (non-hydrogen) atoms. The average Bonchev–Trinajstić information content (AvgIpc) is 3.40. The van der Waals surface area contributed by atoms with Gasteiger partial charge in [0, 0.05) is 43.4 Å². The Morgan fingerprint density at radius 3 is 2.81 bits per heavy atom. The van der Waals surface area contributed by atoms with E-state index in [1.807, 2.05) is 56.4 Å². The van der Waals surface area contributed by atoms with Gasteiger partial charge in [0.15, 0.2) is 17.2 Å². The zero-order valence-electron chi connectivity index (χ0n) is 18.1. The summed E-state index contributed by atoms with van der Waals surface area (Å²) in [5.41, 5.74) is 4.77. The van der Waals surface area contributed by atoms with E-state index in [9.17, 15) is 9.59 Å². The van der Waals surface area contributed by atoms with Crippen molar-refractivity contribution in [3.63, 3.8) is 0 Å². The van der Waals surface area contributed by atoms with E-state index >= 15 is 0 Å². The summed E-state index contributed by atoms with van der Waals surface area (Å²) < 4.78 is 12.5. The molecule has 0 spiro atoms. The van der Waals surface area contributed by atoms with Crippen LogP contribution in [-0.2, 0) is 26.6 Å². The fourth-order valence-corrected chi connectivity index (χ4v) is 4.23. The Morgan fingerprint density at radius 2 is 1.97 bits per heavy atom. The zero-order chi connectivity index (χ0) is 22.2. The number of nitrogens with one attached hydrogen (secondary N) is 1. The monoisotopic (exact) mass is 432 g/mol. The van der Waals surface area contributed by atoms with Crippen LogP contribution in [-0.4, -0.2) is 39.8 Å². The van der Waals surface area contributed by atoms with Crippen molar-refractivity contribution in [2.24, 2.45) is 7.05 Å². The Labute approximate surface area is 185 Å². The Kier molecular flexibility index (Phi) is 5.05. The minimum absolute atomic E-state index is 0.0325. The van der Waals surface area contributed by atoms with Crippen molar-refractivity contribution in [2.45, 2.75) is 26.4 Å². The first-order chi connectivity index (χ1) is 15.5. The summed E-state index contributed by atoms with van der Waals surface area (Å²) in [6.45, 7) is 3.48. The van der Waals surface area contributed by atoms with E-state index in [2.05, 4.69) is 10.4 Å². The van der Waals surface area contributed by atoms with Crippen molar-refractivity contribution >= 4 is 11.8 Å². The highest BCUT2D eigenvalue weighted by Crippen LogP contribution is 2.32. The van der Waals surface area contributed by atoms with Crippen LogP contribution in [0.1, 0.15) is 43.2 Å². The van der Waals surface area contributed by atoms with Gasteiger partial charge in [0.05, 0.1) is 6.54 Å². The molecule has 3 heterocycles. The number of ether oxygens (including phenoxy) is 2. The topological polar surface area (TPSA) is 85.7 Å². The second kappa shape index (κ2) is 8.03. The van der Waals surface area contributed by atoms with Gasteiger partial charge in [0.25, 0.3) is 11.8 Å². The van der Waals surface area contributed by atoms with Gasteiger partial charge in [-0.3, -0.25) is 14.3 Å². The van der Waals surface area contributed by atoms with Crippen molar-refractivity contribution in [3.05, 3.63) is 76.1 Å². The lowest BCUT2D eigenvalue weighted by Gasteiger charge is -2.27. The zero-order valence-corrected chi connectivity index (χ0v) is 18.1. The van der Waals surface area contributed by atoms with Crippen molar-refractivity contribution in [1.29, 1.82) is 0 Å². The second-order valence-electron chi connectivity index (χ2n) is 8.11. The lowest BCUT2D eigenvalue weighted by molar-refractivity contribution is 0.0730. The van der Waals surface area contributed by atoms with Gasteiger partial charge in [-0.15, -0.1) is 0 Å². The van der Waals surface area contributed by atoms with Gasteiger partial charge >= 0.3 is 0 Å². The first-order valence-corrected chi connectivity index (χ1v) is 10.6. The maximum absolute atomic E-state index is 13.0. The molecule has 5 rings (SSSR count). The molecule has 8 heteroatoms. The fourth-order valence-electron chi connectivity index (χ4n) is 4.23. The molecule has 0 unspecified atom stereocenters. The fraction of sp³-hybridized carbons (Fsp3) is 0.292. The highest BCUT2D eigenvalue weighted by atomic mass is 16.7. The molecule has 3 aromatic rings. The Bertz CT molecular complexity index is 1220. The highest BCUT2D eigenvalue weighted by molar-refractivity contribution is 5.96. The number of carbonyl (C=O) groups is 2. The number of benzene rings is 2. The van der Waals surface area contributed by atoms with Crippen molar-refractivity contribution < 1.29 is 19.1 Å². The predicted molar refractivity (Wildman–Crippen MR) is 117 cm³/mol. The molecule has 0 saturated carbocycles. The van der Waals surface area contributed by atoms with Gasteiger partial charge in [-0.1, -0.05) is 23.8 Å². The third kappa shape index (κ3) is 3.68. The first-order valence-electron chi connectivity index (χ1n) is 10.6. The standard InChI is InChI=1S/C24H24N4O4/c1-15-4-3-5-17(10-15)24(30)28-9-8-19-18(13-28)22(26-27(19)2)23(29)25-12-16-6-7-20-21(11-16)32-14-31-20/h3-7,10-11H,8-9,12-14H2,1-2H3,(H,25,29). The minimum atomic E-state index is -0.260. The number of hydrogen-bond donors (Lipinski definition) is 1. The van der Waals surface area contributed by atoms with E-state index in [-0.39, 0.29) is 18.6 Å². The molecule has 0 fully saturated rings. The summed E-state index contributed by atoms with van der Waals surface area (Å²) in [6.07, 6.45) is 0.659. The van der Waals surface area contributed by atoms with Crippen molar-refractivity contribution in [2.75, 3.05) is 13.3 Å². The molecule has 164 valence electrons. The van der Waals surface area contributed by atoms with E-state index in [4.69, 9.17) is 9.47 Å². The molecule has 1 aromatic heterocycles. The number of carbonyl (C=O) groups excluding carboxylic acids is 2. The number of fused-ring (bicyclic) bond motifs is 2. The maximum atomic E-state index is 13.0. The Hall–Kier alpha value is -3.81. The van der Waals surface area contributed by atoms with E-state index in [0.29, 0.717) is 48.8 Å². The molecule has 2 aromatic carbocycles. The predicted octanol–water partition coefficient (Wildman–Crippen LogP) is 2.59. The van der Waals surface area contributed by atoms with Gasteiger partial charge in [-0.2, -0.15) is 5.10 Å². The summed E-state index contributed by atoms with van der Waals surface area (Å²) in [4.78, 5) is 27.8. The highest BCUT2D eigenvalue weighted by Gasteiger charge is 2.29. The van der Waals surface area contributed by atoms with Gasteiger partial charge in [0.1, 0.15) is 0 Å². The van der Waals surface area contributed by atoms with E-state index in [0.717, 1.165) is 22.4 Å². The van der Waals surface area contributed by atoms with Crippen molar-refractivity contribution in [1.82, 2.24) is 20.0 Å². The largest absolute Gasteiger partial charge is 0.454 e. The maximum Gasteiger partial charge on any atom is 0.272 e. The van der Waals surface area contributed by atoms with E-state index < -0.39 is 0 Å². The Morgan fingerprint density at radius 1 is 1.12 bits per heavy atom. The molecule has 1 N–H and O–H groups in total. The molecule has 0 radical (unpaired) electrons. The van der Waals surface area contributed by atoms with E-state index in [1.54, 1.807) is 9.58 Å². The molecule has 0 aliphatic carbocycles. The third-order valence-corrected chi connectivity index (χ3v) is 5.90. The summed E-state index contributed by atoms with van der Waals surface area (Å²) in [6, 6.07) is 13.2. The lowest BCUT2D eigenvalue weighted by atomic mass is 10.0. The molecule has 2 amide bonds. The number of rotatable bonds is 4. The molecule has 2 aliphatic heterocycles. The van der Waals surface area contributed by atoms with Crippen LogP contribution in [0, 0.1) is 6.92 Å². The number of amides is 2. The molecule has 0 atom stereocenters. The third-order valence-electron chi connectivity index (χ3n) is 5.90. The average molecular weight is 432 g/mol. The van der Waals surface area contributed by atoms with Crippen LogP contribution in [0.25, 0.3) is 0 Å². The Balaban J connectivity index is 1.32. The number of aromatic nitrogens is 2. The summed E-state index contributed by atoms with van der Waals surface area (Å²) in [5.74, 6) is 1.09. The SMILES string of the molecule is Cc1cccc(C(=O)N2CCc3c(c(C(=O)NCc4ccc5c(c4)OCO5)nn3C)C2)c1.